The van der Waals surface area contributed by atoms with Crippen molar-refractivity contribution in [3.63, 3.8) is 0 Å². The van der Waals surface area contributed by atoms with Gasteiger partial charge >= 0.3 is 0 Å². The Kier molecular flexibility index (Phi) is 3.88. The first-order valence-corrected chi connectivity index (χ1v) is 9.96. The van der Waals surface area contributed by atoms with E-state index in [0.717, 1.165) is 25.9 Å². The third-order valence-electron chi connectivity index (χ3n) is 6.98. The number of carbonyl (C=O) groups is 1. The molecule has 3 aliphatic rings. The summed E-state index contributed by atoms with van der Waals surface area (Å²) in [6.45, 7) is 3.68. The van der Waals surface area contributed by atoms with Crippen LogP contribution in [0.25, 0.3) is 0 Å². The number of rotatable bonds is 3. The maximum Gasteiger partial charge on any atom is 0.276 e. The van der Waals surface area contributed by atoms with Crippen LogP contribution in [-0.4, -0.2) is 35.1 Å². The molecule has 2 aromatic rings. The molecule has 1 unspecified atom stereocenters. The van der Waals surface area contributed by atoms with Crippen LogP contribution in [0.4, 0.5) is 14.5 Å². The molecular weight excluding hydrogens is 362 g/mol. The molecule has 28 heavy (non-hydrogen) atoms. The highest BCUT2D eigenvalue weighted by Gasteiger charge is 2.78. The summed E-state index contributed by atoms with van der Waals surface area (Å²) < 4.78 is 28.1. The number of alkyl halides is 2. The number of piperidine rings is 1. The van der Waals surface area contributed by atoms with E-state index < -0.39 is 17.3 Å². The predicted octanol–water partition coefficient (Wildman–Crippen LogP) is 3.50. The first-order chi connectivity index (χ1) is 13.4. The Labute approximate surface area is 162 Å². The molecule has 3 N–H and O–H groups in total. The molecule has 148 valence electrons. The second-order valence-electron chi connectivity index (χ2n) is 8.60. The highest BCUT2D eigenvalue weighted by Crippen LogP contribution is 2.70. The van der Waals surface area contributed by atoms with Crippen molar-refractivity contribution < 1.29 is 13.6 Å². The number of fused-ring (bicyclic) bond motifs is 2. The maximum atomic E-state index is 14.1. The molecule has 1 saturated heterocycles. The Balaban J connectivity index is 1.30. The monoisotopic (exact) mass is 386 g/mol. The fourth-order valence-corrected chi connectivity index (χ4v) is 4.98. The molecule has 1 aliphatic heterocycles. The largest absolute Gasteiger partial charge is 0.321 e. The summed E-state index contributed by atoms with van der Waals surface area (Å²) in [6, 6.07) is 7.92. The average Bonchev–Trinajstić information content (AvgIpc) is 2.97. The summed E-state index contributed by atoms with van der Waals surface area (Å²) in [7, 11) is 0. The van der Waals surface area contributed by atoms with Crippen LogP contribution in [0.1, 0.15) is 53.0 Å². The quantitative estimate of drug-likeness (QED) is 0.756. The Morgan fingerprint density at radius 2 is 1.93 bits per heavy atom. The van der Waals surface area contributed by atoms with Gasteiger partial charge in [-0.3, -0.25) is 9.89 Å². The highest BCUT2D eigenvalue weighted by atomic mass is 19.3. The summed E-state index contributed by atoms with van der Waals surface area (Å²) in [4.78, 5) is 12.7. The third kappa shape index (κ3) is 2.59. The van der Waals surface area contributed by atoms with Crippen LogP contribution in [0.3, 0.4) is 0 Å². The zero-order valence-electron chi connectivity index (χ0n) is 15.8. The van der Waals surface area contributed by atoms with Gasteiger partial charge in [0.2, 0.25) is 0 Å². The van der Waals surface area contributed by atoms with E-state index in [0.29, 0.717) is 22.9 Å². The van der Waals surface area contributed by atoms with E-state index in [1.807, 2.05) is 12.1 Å². The molecule has 5 rings (SSSR count). The van der Waals surface area contributed by atoms with Crippen molar-refractivity contribution in [2.75, 3.05) is 18.4 Å². The molecule has 5 nitrogen and oxygen atoms in total. The molecule has 1 aromatic heterocycles. The summed E-state index contributed by atoms with van der Waals surface area (Å²) in [6.07, 6.45) is 2.68. The van der Waals surface area contributed by atoms with Crippen molar-refractivity contribution in [3.05, 3.63) is 46.8 Å². The smallest absolute Gasteiger partial charge is 0.276 e. The fraction of sp³-hybridized carbons (Fsp3) is 0.524. The van der Waals surface area contributed by atoms with Crippen molar-refractivity contribution in [2.24, 2.45) is 11.3 Å². The molecule has 1 saturated carbocycles. The molecule has 2 fully saturated rings. The summed E-state index contributed by atoms with van der Waals surface area (Å²) in [5.74, 6) is -3.15. The Bertz CT molecular complexity index is 917. The van der Waals surface area contributed by atoms with E-state index in [1.165, 1.54) is 5.56 Å². The summed E-state index contributed by atoms with van der Waals surface area (Å²) in [5.41, 5.74) is 2.53. The number of benzene rings is 1. The lowest BCUT2D eigenvalue weighted by Crippen LogP contribution is -2.26. The zero-order chi connectivity index (χ0) is 19.5. The zero-order valence-corrected chi connectivity index (χ0v) is 15.8. The van der Waals surface area contributed by atoms with Crippen molar-refractivity contribution in [1.82, 2.24) is 15.5 Å². The van der Waals surface area contributed by atoms with Crippen LogP contribution >= 0.6 is 0 Å². The molecule has 2 heterocycles. The molecule has 2 atom stereocenters. The van der Waals surface area contributed by atoms with Crippen LogP contribution in [-0.2, 0) is 12.8 Å². The first kappa shape index (κ1) is 17.8. The van der Waals surface area contributed by atoms with Gasteiger partial charge in [-0.05, 0) is 56.0 Å². The van der Waals surface area contributed by atoms with E-state index in [4.69, 9.17) is 0 Å². The topological polar surface area (TPSA) is 69.8 Å². The van der Waals surface area contributed by atoms with Gasteiger partial charge in [0.05, 0.1) is 0 Å². The number of aromatic amines is 1. The van der Waals surface area contributed by atoms with E-state index in [-0.39, 0.29) is 24.4 Å². The van der Waals surface area contributed by atoms with Gasteiger partial charge in [-0.15, -0.1) is 0 Å². The SMILES string of the molecule is C[C@@]12Cc3[nH]nc(C(=O)Nc4ccc(C5CCNCC5)cc4)c3CC1C2(F)F. The summed E-state index contributed by atoms with van der Waals surface area (Å²) >= 11 is 0. The molecule has 0 bridgehead atoms. The van der Waals surface area contributed by atoms with Crippen molar-refractivity contribution in [2.45, 2.75) is 44.4 Å². The molecule has 1 amide bonds. The fourth-order valence-electron chi connectivity index (χ4n) is 4.98. The van der Waals surface area contributed by atoms with Gasteiger partial charge in [0.25, 0.3) is 11.8 Å². The van der Waals surface area contributed by atoms with Crippen LogP contribution in [0.5, 0.6) is 0 Å². The third-order valence-corrected chi connectivity index (χ3v) is 6.98. The second-order valence-corrected chi connectivity index (χ2v) is 8.60. The number of anilines is 1. The summed E-state index contributed by atoms with van der Waals surface area (Å²) in [5, 5.41) is 13.2. The standard InChI is InChI=1S/C21H24F2N4O/c1-20-11-16-15(10-17(20)21(20,22)23)18(27-26-16)19(28)25-14-4-2-12(3-5-14)13-6-8-24-9-7-13/h2-5,13,17,24H,6-11H2,1H3,(H,25,28)(H,26,27)/t17?,20-/m1/s1. The highest BCUT2D eigenvalue weighted by molar-refractivity contribution is 6.04. The van der Waals surface area contributed by atoms with E-state index >= 15 is 0 Å². The number of carbonyl (C=O) groups excluding carboxylic acids is 1. The number of nitrogens with one attached hydrogen (secondary N) is 3. The Morgan fingerprint density at radius 1 is 1.21 bits per heavy atom. The number of nitrogens with zero attached hydrogens (tertiary/aromatic N) is 1. The number of amides is 1. The minimum atomic E-state index is -2.66. The molecular formula is C21H24F2N4O. The number of hydrogen-bond acceptors (Lipinski definition) is 3. The van der Waals surface area contributed by atoms with E-state index in [2.05, 4.69) is 33.0 Å². The second kappa shape index (κ2) is 6.11. The lowest BCUT2D eigenvalue weighted by atomic mass is 9.87. The lowest BCUT2D eigenvalue weighted by Gasteiger charge is -2.23. The van der Waals surface area contributed by atoms with Crippen LogP contribution < -0.4 is 10.6 Å². The minimum Gasteiger partial charge on any atom is -0.321 e. The number of aromatic nitrogens is 2. The van der Waals surface area contributed by atoms with E-state index in [9.17, 15) is 13.6 Å². The Hall–Kier alpha value is -2.28. The Morgan fingerprint density at radius 3 is 2.64 bits per heavy atom. The van der Waals surface area contributed by atoms with Crippen molar-refractivity contribution in [1.29, 1.82) is 0 Å². The first-order valence-electron chi connectivity index (χ1n) is 9.96. The van der Waals surface area contributed by atoms with Crippen LogP contribution in [0.15, 0.2) is 24.3 Å². The number of H-pyrrole nitrogens is 1. The predicted molar refractivity (Wildman–Crippen MR) is 102 cm³/mol. The van der Waals surface area contributed by atoms with Gasteiger partial charge in [0.15, 0.2) is 5.69 Å². The number of hydrogen-bond donors (Lipinski definition) is 3. The lowest BCUT2D eigenvalue weighted by molar-refractivity contribution is 0.0631. The number of halogens is 2. The van der Waals surface area contributed by atoms with Crippen LogP contribution in [0, 0.1) is 11.3 Å². The van der Waals surface area contributed by atoms with Gasteiger partial charge < -0.3 is 10.6 Å². The van der Waals surface area contributed by atoms with Gasteiger partial charge in [0.1, 0.15) is 0 Å². The molecule has 2 aliphatic carbocycles. The molecule has 1 aromatic carbocycles. The average molecular weight is 386 g/mol. The van der Waals surface area contributed by atoms with Crippen molar-refractivity contribution in [3.8, 4) is 0 Å². The van der Waals surface area contributed by atoms with Gasteiger partial charge in [-0.2, -0.15) is 5.10 Å². The van der Waals surface area contributed by atoms with Gasteiger partial charge in [-0.25, -0.2) is 8.78 Å². The minimum absolute atomic E-state index is 0.201. The maximum absolute atomic E-state index is 14.1. The van der Waals surface area contributed by atoms with Gasteiger partial charge in [0, 0.05) is 34.7 Å². The molecule has 0 radical (unpaired) electrons. The van der Waals surface area contributed by atoms with Crippen molar-refractivity contribution >= 4 is 11.6 Å². The van der Waals surface area contributed by atoms with Crippen LogP contribution in [0.2, 0.25) is 0 Å². The molecule has 0 spiro atoms. The van der Waals surface area contributed by atoms with E-state index in [1.54, 1.807) is 6.92 Å². The molecule has 7 heteroatoms. The van der Waals surface area contributed by atoms with Gasteiger partial charge in [-0.1, -0.05) is 19.1 Å². The normalized spacial score (nSPS) is 28.3.